The Morgan fingerprint density at radius 1 is 1.42 bits per heavy atom. The van der Waals surface area contributed by atoms with Gasteiger partial charge in [0.1, 0.15) is 11.6 Å². The lowest BCUT2D eigenvalue weighted by atomic mass is 10.0. The van der Waals surface area contributed by atoms with Gasteiger partial charge >= 0.3 is 0 Å². The van der Waals surface area contributed by atoms with Crippen LogP contribution in [0, 0.1) is 6.92 Å². The van der Waals surface area contributed by atoms with E-state index in [-0.39, 0.29) is 6.04 Å². The minimum Gasteiger partial charge on any atom is -0.496 e. The number of methoxy groups -OCH3 is 1. The van der Waals surface area contributed by atoms with Crippen molar-refractivity contribution in [3.8, 4) is 5.75 Å². The smallest absolute Gasteiger partial charge is 0.122 e. The number of nitrogens with zero attached hydrogens (tertiary/aromatic N) is 2. The Balaban J connectivity index is 2.26. The first-order valence-corrected chi connectivity index (χ1v) is 6.23. The third-order valence-corrected chi connectivity index (χ3v) is 3.43. The van der Waals surface area contributed by atoms with E-state index in [9.17, 15) is 0 Å². The van der Waals surface area contributed by atoms with Crippen molar-refractivity contribution < 1.29 is 4.74 Å². The number of benzene rings is 1. The molecule has 0 fully saturated rings. The van der Waals surface area contributed by atoms with Crippen LogP contribution in [0.5, 0.6) is 5.75 Å². The van der Waals surface area contributed by atoms with Crippen LogP contribution in [0.4, 0.5) is 0 Å². The molecule has 2 rings (SSSR count). The molecule has 0 saturated heterocycles. The van der Waals surface area contributed by atoms with E-state index in [1.807, 2.05) is 49.0 Å². The number of hydrogen-bond acceptors (Lipinski definition) is 4. The fourth-order valence-electron chi connectivity index (χ4n) is 2.18. The quantitative estimate of drug-likeness (QED) is 0.631. The Kier molecular flexibility index (Phi) is 4.19. The largest absolute Gasteiger partial charge is 0.496 e. The van der Waals surface area contributed by atoms with Gasteiger partial charge in [-0.05, 0) is 25.0 Å². The molecule has 0 amide bonds. The summed E-state index contributed by atoms with van der Waals surface area (Å²) in [6.45, 7) is 1.97. The fourth-order valence-corrected chi connectivity index (χ4v) is 2.18. The molecule has 1 atom stereocenters. The Hall–Kier alpha value is -1.85. The summed E-state index contributed by atoms with van der Waals surface area (Å²) in [6.07, 6.45) is 2.61. The number of aromatic nitrogens is 2. The van der Waals surface area contributed by atoms with Gasteiger partial charge < -0.3 is 9.30 Å². The number of rotatable bonds is 5. The minimum absolute atomic E-state index is 0.00231. The molecule has 0 bridgehead atoms. The van der Waals surface area contributed by atoms with E-state index in [2.05, 4.69) is 10.4 Å². The average molecular weight is 260 g/mol. The second kappa shape index (κ2) is 5.86. The predicted octanol–water partition coefficient (Wildman–Crippen LogP) is 1.48. The number of para-hydroxylation sites is 1. The standard InChI is InChI=1S/C14H20N4O/c1-10-16-9-13(18(10)2)12(17-15)8-11-6-4-5-7-14(11)19-3/h4-7,9,12,17H,8,15H2,1-3H3. The highest BCUT2D eigenvalue weighted by Crippen LogP contribution is 2.24. The van der Waals surface area contributed by atoms with E-state index in [1.165, 1.54) is 0 Å². The van der Waals surface area contributed by atoms with Crippen molar-refractivity contribution in [1.82, 2.24) is 15.0 Å². The monoisotopic (exact) mass is 260 g/mol. The first kappa shape index (κ1) is 13.6. The van der Waals surface area contributed by atoms with Crippen molar-refractivity contribution in [1.29, 1.82) is 0 Å². The summed E-state index contributed by atoms with van der Waals surface area (Å²) in [5.74, 6) is 7.53. The molecule has 2 aromatic rings. The maximum absolute atomic E-state index is 5.69. The second-order valence-electron chi connectivity index (χ2n) is 4.52. The summed E-state index contributed by atoms with van der Waals surface area (Å²) < 4.78 is 7.41. The van der Waals surface area contributed by atoms with Crippen LogP contribution < -0.4 is 16.0 Å². The van der Waals surface area contributed by atoms with E-state index in [1.54, 1.807) is 7.11 Å². The van der Waals surface area contributed by atoms with Crippen molar-refractivity contribution in [3.05, 3.63) is 47.5 Å². The number of hydrazine groups is 1. The summed E-state index contributed by atoms with van der Waals surface area (Å²) in [6, 6.07) is 7.97. The normalized spacial score (nSPS) is 12.4. The molecule has 0 saturated carbocycles. The van der Waals surface area contributed by atoms with E-state index in [4.69, 9.17) is 10.6 Å². The third kappa shape index (κ3) is 2.77. The molecule has 3 N–H and O–H groups in total. The Bertz CT molecular complexity index is 550. The van der Waals surface area contributed by atoms with Gasteiger partial charge in [0.05, 0.1) is 25.0 Å². The fraction of sp³-hybridized carbons (Fsp3) is 0.357. The van der Waals surface area contributed by atoms with Crippen LogP contribution in [-0.2, 0) is 13.5 Å². The lowest BCUT2D eigenvalue weighted by Crippen LogP contribution is -2.31. The van der Waals surface area contributed by atoms with E-state index < -0.39 is 0 Å². The molecule has 1 aromatic heterocycles. The van der Waals surface area contributed by atoms with Crippen LogP contribution in [0.15, 0.2) is 30.5 Å². The molecule has 1 aromatic carbocycles. The molecule has 0 aliphatic rings. The van der Waals surface area contributed by atoms with Gasteiger partial charge in [-0.1, -0.05) is 18.2 Å². The molecular formula is C14H20N4O. The first-order chi connectivity index (χ1) is 9.17. The molecule has 0 aliphatic heterocycles. The van der Waals surface area contributed by atoms with Gasteiger partial charge in [-0.2, -0.15) is 0 Å². The van der Waals surface area contributed by atoms with Crippen LogP contribution in [0.3, 0.4) is 0 Å². The van der Waals surface area contributed by atoms with E-state index in [0.29, 0.717) is 0 Å². The highest BCUT2D eigenvalue weighted by atomic mass is 16.5. The maximum atomic E-state index is 5.69. The number of aryl methyl sites for hydroxylation is 1. The van der Waals surface area contributed by atoms with Gasteiger partial charge in [0.15, 0.2) is 0 Å². The van der Waals surface area contributed by atoms with Gasteiger partial charge in [0, 0.05) is 7.05 Å². The van der Waals surface area contributed by atoms with Crippen molar-refractivity contribution in [2.75, 3.05) is 7.11 Å². The van der Waals surface area contributed by atoms with Crippen molar-refractivity contribution >= 4 is 0 Å². The van der Waals surface area contributed by atoms with Crippen LogP contribution in [0.25, 0.3) is 0 Å². The SMILES string of the molecule is COc1ccccc1CC(NN)c1cnc(C)n1C. The third-order valence-electron chi connectivity index (χ3n) is 3.43. The number of imidazole rings is 1. The summed E-state index contributed by atoms with van der Waals surface area (Å²) >= 11 is 0. The molecular weight excluding hydrogens is 240 g/mol. The Labute approximate surface area is 113 Å². The first-order valence-electron chi connectivity index (χ1n) is 6.23. The van der Waals surface area contributed by atoms with E-state index >= 15 is 0 Å². The van der Waals surface area contributed by atoms with Gasteiger partial charge in [0.2, 0.25) is 0 Å². The number of hydrogen-bond donors (Lipinski definition) is 2. The van der Waals surface area contributed by atoms with Crippen molar-refractivity contribution in [2.45, 2.75) is 19.4 Å². The molecule has 5 nitrogen and oxygen atoms in total. The summed E-state index contributed by atoms with van der Waals surface area (Å²) in [4.78, 5) is 4.31. The zero-order chi connectivity index (χ0) is 13.8. The number of nitrogens with one attached hydrogen (secondary N) is 1. The molecule has 102 valence electrons. The number of nitrogens with two attached hydrogens (primary N) is 1. The highest BCUT2D eigenvalue weighted by Gasteiger charge is 2.17. The minimum atomic E-state index is 0.00231. The van der Waals surface area contributed by atoms with Gasteiger partial charge in [-0.25, -0.2) is 4.98 Å². The van der Waals surface area contributed by atoms with Gasteiger partial charge in [0.25, 0.3) is 0 Å². The topological polar surface area (TPSA) is 65.1 Å². The molecule has 0 spiro atoms. The lowest BCUT2D eigenvalue weighted by molar-refractivity contribution is 0.404. The zero-order valence-corrected chi connectivity index (χ0v) is 11.6. The molecule has 1 heterocycles. The Morgan fingerprint density at radius 3 is 2.74 bits per heavy atom. The van der Waals surface area contributed by atoms with Crippen LogP contribution in [0.1, 0.15) is 23.1 Å². The molecule has 0 radical (unpaired) electrons. The van der Waals surface area contributed by atoms with Crippen LogP contribution >= 0.6 is 0 Å². The van der Waals surface area contributed by atoms with Gasteiger partial charge in [-0.3, -0.25) is 11.3 Å². The average Bonchev–Trinajstić information content (AvgIpc) is 2.77. The number of ether oxygens (including phenoxy) is 1. The van der Waals surface area contributed by atoms with E-state index in [0.717, 1.165) is 29.3 Å². The van der Waals surface area contributed by atoms with Crippen molar-refractivity contribution in [3.63, 3.8) is 0 Å². The van der Waals surface area contributed by atoms with Crippen LogP contribution in [-0.4, -0.2) is 16.7 Å². The summed E-state index contributed by atoms with van der Waals surface area (Å²) in [5.41, 5.74) is 5.03. The van der Waals surface area contributed by atoms with Crippen molar-refractivity contribution in [2.24, 2.45) is 12.9 Å². The lowest BCUT2D eigenvalue weighted by Gasteiger charge is -2.18. The Morgan fingerprint density at radius 2 is 2.16 bits per heavy atom. The molecule has 19 heavy (non-hydrogen) atoms. The maximum Gasteiger partial charge on any atom is 0.122 e. The summed E-state index contributed by atoms with van der Waals surface area (Å²) in [5, 5.41) is 0. The summed E-state index contributed by atoms with van der Waals surface area (Å²) in [7, 11) is 3.67. The molecule has 5 heteroatoms. The van der Waals surface area contributed by atoms with Gasteiger partial charge in [-0.15, -0.1) is 0 Å². The molecule has 1 unspecified atom stereocenters. The van der Waals surface area contributed by atoms with Crippen LogP contribution in [0.2, 0.25) is 0 Å². The zero-order valence-electron chi connectivity index (χ0n) is 11.6. The molecule has 0 aliphatic carbocycles. The second-order valence-corrected chi connectivity index (χ2v) is 4.52. The predicted molar refractivity (Wildman–Crippen MR) is 74.7 cm³/mol. The highest BCUT2D eigenvalue weighted by molar-refractivity contribution is 5.34.